The van der Waals surface area contributed by atoms with Gasteiger partial charge in [0.1, 0.15) is 0 Å². The first-order valence-electron chi connectivity index (χ1n) is 13.2. The minimum atomic E-state index is 0.287. The van der Waals surface area contributed by atoms with E-state index in [4.69, 9.17) is 0 Å². The molecule has 0 heterocycles. The van der Waals surface area contributed by atoms with Crippen molar-refractivity contribution in [1.82, 2.24) is 5.32 Å². The minimum absolute atomic E-state index is 0.287. The Morgan fingerprint density at radius 2 is 1.21 bits per heavy atom. The highest BCUT2D eigenvalue weighted by Gasteiger charge is 2.32. The average molecular weight is 408 g/mol. The molecule has 0 radical (unpaired) electrons. The van der Waals surface area contributed by atoms with Gasteiger partial charge in [0.05, 0.1) is 0 Å². The molecule has 1 fully saturated rings. The molecule has 1 saturated carbocycles. The monoisotopic (exact) mass is 407 g/mol. The van der Waals surface area contributed by atoms with Crippen molar-refractivity contribution in [2.24, 2.45) is 11.3 Å². The van der Waals surface area contributed by atoms with E-state index in [2.05, 4.69) is 33.0 Å². The molecule has 1 rings (SSSR count). The first kappa shape index (κ1) is 26.5. The van der Waals surface area contributed by atoms with E-state index < -0.39 is 0 Å². The number of amides is 1. The molecular weight excluding hydrogens is 354 g/mol. The highest BCUT2D eigenvalue weighted by molar-refractivity contribution is 5.76. The third kappa shape index (κ3) is 15.0. The van der Waals surface area contributed by atoms with Crippen molar-refractivity contribution in [3.63, 3.8) is 0 Å². The summed E-state index contributed by atoms with van der Waals surface area (Å²) in [6.07, 6.45) is 24.9. The molecule has 2 nitrogen and oxygen atoms in total. The van der Waals surface area contributed by atoms with Gasteiger partial charge in [-0.2, -0.15) is 0 Å². The summed E-state index contributed by atoms with van der Waals surface area (Å²) in [6.45, 7) is 9.30. The summed E-state index contributed by atoms with van der Waals surface area (Å²) in [5.41, 5.74) is 0.379. The summed E-state index contributed by atoms with van der Waals surface area (Å²) in [7, 11) is 0. The Bertz CT molecular complexity index is 403. The van der Waals surface area contributed by atoms with Gasteiger partial charge in [-0.15, -0.1) is 0 Å². The molecule has 29 heavy (non-hydrogen) atoms. The standard InChI is InChI=1S/C27H53NO/c1-5-6-7-8-9-10-11-12-13-14-15-16-17-18-19-20-26(29)28-25-21-24(2)22-27(3,4)23-25/h24-25H,5-23H2,1-4H3,(H,28,29)/t24-,25-/m0/s1. The van der Waals surface area contributed by atoms with E-state index in [0.717, 1.165) is 31.6 Å². The summed E-state index contributed by atoms with van der Waals surface area (Å²) in [6, 6.07) is 0.401. The van der Waals surface area contributed by atoms with E-state index in [1.807, 2.05) is 0 Å². The molecule has 0 saturated heterocycles. The smallest absolute Gasteiger partial charge is 0.220 e. The molecule has 0 aromatic rings. The van der Waals surface area contributed by atoms with E-state index in [1.54, 1.807) is 0 Å². The number of nitrogens with one attached hydrogen (secondary N) is 1. The molecule has 172 valence electrons. The van der Waals surface area contributed by atoms with Crippen LogP contribution in [0.15, 0.2) is 0 Å². The lowest BCUT2D eigenvalue weighted by Gasteiger charge is -2.39. The van der Waals surface area contributed by atoms with Crippen LogP contribution in [-0.4, -0.2) is 11.9 Å². The van der Waals surface area contributed by atoms with E-state index in [0.29, 0.717) is 11.5 Å². The fourth-order valence-corrected chi connectivity index (χ4v) is 5.41. The number of carbonyl (C=O) groups is 1. The third-order valence-electron chi connectivity index (χ3n) is 6.76. The Balaban J connectivity index is 1.85. The zero-order valence-electron chi connectivity index (χ0n) is 20.5. The van der Waals surface area contributed by atoms with Gasteiger partial charge in [-0.3, -0.25) is 4.79 Å². The van der Waals surface area contributed by atoms with Crippen molar-refractivity contribution < 1.29 is 4.79 Å². The summed E-state index contributed by atoms with van der Waals surface area (Å²) in [5.74, 6) is 1.02. The molecule has 2 heteroatoms. The second-order valence-electron chi connectivity index (χ2n) is 10.9. The van der Waals surface area contributed by atoms with Crippen molar-refractivity contribution in [3.05, 3.63) is 0 Å². The number of unbranched alkanes of at least 4 members (excludes halogenated alkanes) is 14. The zero-order chi connectivity index (χ0) is 21.4. The fourth-order valence-electron chi connectivity index (χ4n) is 5.41. The van der Waals surface area contributed by atoms with Crippen LogP contribution in [-0.2, 0) is 4.79 Å². The molecule has 0 unspecified atom stereocenters. The number of carbonyl (C=O) groups excluding carboxylic acids is 1. The molecule has 0 aromatic heterocycles. The largest absolute Gasteiger partial charge is 0.353 e. The van der Waals surface area contributed by atoms with Crippen LogP contribution in [0.2, 0.25) is 0 Å². The van der Waals surface area contributed by atoms with Crippen LogP contribution in [0.5, 0.6) is 0 Å². The van der Waals surface area contributed by atoms with Crippen molar-refractivity contribution in [2.75, 3.05) is 0 Å². The van der Waals surface area contributed by atoms with Gasteiger partial charge in [0.2, 0.25) is 5.91 Å². The fraction of sp³-hybridized carbons (Fsp3) is 0.963. The molecule has 0 bridgehead atoms. The van der Waals surface area contributed by atoms with Crippen molar-refractivity contribution in [1.29, 1.82) is 0 Å². The van der Waals surface area contributed by atoms with Gasteiger partial charge >= 0.3 is 0 Å². The Morgan fingerprint density at radius 1 is 0.759 bits per heavy atom. The molecule has 1 N–H and O–H groups in total. The van der Waals surface area contributed by atoms with Gasteiger partial charge in [0, 0.05) is 12.5 Å². The maximum Gasteiger partial charge on any atom is 0.220 e. The molecule has 1 amide bonds. The Hall–Kier alpha value is -0.530. The Kier molecular flexibility index (Phi) is 14.8. The Morgan fingerprint density at radius 3 is 1.66 bits per heavy atom. The van der Waals surface area contributed by atoms with Gasteiger partial charge in [0.25, 0.3) is 0 Å². The quantitative estimate of drug-likeness (QED) is 0.240. The van der Waals surface area contributed by atoms with Gasteiger partial charge in [0.15, 0.2) is 0 Å². The molecule has 1 aliphatic carbocycles. The van der Waals surface area contributed by atoms with Crippen LogP contribution in [0.4, 0.5) is 0 Å². The second-order valence-corrected chi connectivity index (χ2v) is 10.9. The third-order valence-corrected chi connectivity index (χ3v) is 6.76. The number of rotatable bonds is 17. The molecule has 2 atom stereocenters. The van der Waals surface area contributed by atoms with E-state index in [9.17, 15) is 4.79 Å². The van der Waals surface area contributed by atoms with Gasteiger partial charge < -0.3 is 5.32 Å². The van der Waals surface area contributed by atoms with Gasteiger partial charge in [-0.1, -0.05) is 118 Å². The summed E-state index contributed by atoms with van der Waals surface area (Å²) in [5, 5.41) is 3.32. The topological polar surface area (TPSA) is 29.1 Å². The lowest BCUT2D eigenvalue weighted by Crippen LogP contribution is -2.42. The maximum absolute atomic E-state index is 12.3. The highest BCUT2D eigenvalue weighted by atomic mass is 16.1. The van der Waals surface area contributed by atoms with Crippen LogP contribution < -0.4 is 5.32 Å². The van der Waals surface area contributed by atoms with Crippen LogP contribution in [0.25, 0.3) is 0 Å². The summed E-state index contributed by atoms with van der Waals surface area (Å²) in [4.78, 5) is 12.3. The molecule has 0 aromatic carbocycles. The van der Waals surface area contributed by atoms with Crippen LogP contribution in [0, 0.1) is 11.3 Å². The van der Waals surface area contributed by atoms with Crippen molar-refractivity contribution in [3.8, 4) is 0 Å². The first-order chi connectivity index (χ1) is 13.9. The van der Waals surface area contributed by atoms with E-state index in [-0.39, 0.29) is 5.91 Å². The first-order valence-corrected chi connectivity index (χ1v) is 13.2. The van der Waals surface area contributed by atoms with Crippen LogP contribution in [0.1, 0.15) is 150 Å². The van der Waals surface area contributed by atoms with E-state index in [1.165, 1.54) is 96.3 Å². The predicted molar refractivity (Wildman–Crippen MR) is 128 cm³/mol. The SMILES string of the molecule is CCCCCCCCCCCCCCCCCC(=O)N[C@H]1C[C@H](C)CC(C)(C)C1. The highest BCUT2D eigenvalue weighted by Crippen LogP contribution is 2.38. The Labute approximate surface area is 183 Å². The summed E-state index contributed by atoms with van der Waals surface area (Å²) < 4.78 is 0. The molecule has 1 aliphatic rings. The maximum atomic E-state index is 12.3. The molecule has 0 aliphatic heterocycles. The van der Waals surface area contributed by atoms with E-state index >= 15 is 0 Å². The normalized spacial score (nSPS) is 21.2. The zero-order valence-corrected chi connectivity index (χ0v) is 20.5. The molecular formula is C27H53NO. The average Bonchev–Trinajstić information content (AvgIpc) is 2.63. The van der Waals surface area contributed by atoms with Gasteiger partial charge in [-0.25, -0.2) is 0 Å². The lowest BCUT2D eigenvalue weighted by molar-refractivity contribution is -0.122. The minimum Gasteiger partial charge on any atom is -0.353 e. The van der Waals surface area contributed by atoms with Crippen LogP contribution in [0.3, 0.4) is 0 Å². The lowest BCUT2D eigenvalue weighted by atomic mass is 9.70. The number of hydrogen-bond donors (Lipinski definition) is 1. The second kappa shape index (κ2) is 16.2. The van der Waals surface area contributed by atoms with Crippen molar-refractivity contribution >= 4 is 5.91 Å². The molecule has 0 spiro atoms. The summed E-state index contributed by atoms with van der Waals surface area (Å²) >= 11 is 0. The van der Waals surface area contributed by atoms with Crippen molar-refractivity contribution in [2.45, 2.75) is 156 Å². The van der Waals surface area contributed by atoms with Gasteiger partial charge in [-0.05, 0) is 37.0 Å². The van der Waals surface area contributed by atoms with Crippen LogP contribution >= 0.6 is 0 Å². The predicted octanol–water partition coefficient (Wildman–Crippen LogP) is 8.58. The number of hydrogen-bond acceptors (Lipinski definition) is 1.